The van der Waals surface area contributed by atoms with Gasteiger partial charge in [-0.2, -0.15) is 0 Å². The highest BCUT2D eigenvalue weighted by Gasteiger charge is 2.41. The van der Waals surface area contributed by atoms with Gasteiger partial charge in [-0.1, -0.05) is 12.1 Å². The van der Waals surface area contributed by atoms with Crippen LogP contribution < -0.4 is 10.5 Å². The largest absolute Gasteiger partial charge is 0.493 e. The average Bonchev–Trinajstić information content (AvgIpc) is 2.72. The van der Waals surface area contributed by atoms with Crippen molar-refractivity contribution >= 4 is 0 Å². The lowest BCUT2D eigenvalue weighted by molar-refractivity contribution is -0.0252. The first-order valence-corrected chi connectivity index (χ1v) is 7.95. The first kappa shape index (κ1) is 14.8. The number of morpholine rings is 1. The van der Waals surface area contributed by atoms with Gasteiger partial charge >= 0.3 is 0 Å². The number of hydrogen-bond acceptors (Lipinski definition) is 4. The number of nitrogens with zero attached hydrogens (tertiary/aromatic N) is 1. The van der Waals surface area contributed by atoms with Crippen LogP contribution in [-0.2, 0) is 10.3 Å². The van der Waals surface area contributed by atoms with Crippen molar-refractivity contribution in [1.29, 1.82) is 0 Å². The molecule has 1 aromatic carbocycles. The molecule has 1 unspecified atom stereocenters. The summed E-state index contributed by atoms with van der Waals surface area (Å²) in [4.78, 5) is 2.51. The normalized spacial score (nSPS) is 26.8. The SMILES string of the molecule is Cc1ccc2c(c1C)OCCCC2(CN)N1CCOCC1. The third-order valence-corrected chi connectivity index (χ3v) is 5.11. The number of fused-ring (bicyclic) bond motifs is 1. The smallest absolute Gasteiger partial charge is 0.127 e. The Morgan fingerprint density at radius 1 is 1.19 bits per heavy atom. The zero-order chi connectivity index (χ0) is 14.9. The highest BCUT2D eigenvalue weighted by molar-refractivity contribution is 5.49. The van der Waals surface area contributed by atoms with E-state index in [4.69, 9.17) is 15.2 Å². The zero-order valence-corrected chi connectivity index (χ0v) is 13.2. The lowest BCUT2D eigenvalue weighted by Gasteiger charge is -2.45. The molecule has 3 rings (SSSR count). The van der Waals surface area contributed by atoms with E-state index in [0.717, 1.165) is 51.5 Å². The second-order valence-corrected chi connectivity index (χ2v) is 6.17. The van der Waals surface area contributed by atoms with E-state index in [-0.39, 0.29) is 5.54 Å². The molecule has 4 heteroatoms. The molecule has 2 heterocycles. The molecule has 1 saturated heterocycles. The first-order valence-electron chi connectivity index (χ1n) is 7.95. The summed E-state index contributed by atoms with van der Waals surface area (Å²) in [5, 5.41) is 0. The Labute approximate surface area is 127 Å². The Balaban J connectivity index is 2.10. The highest BCUT2D eigenvalue weighted by atomic mass is 16.5. The van der Waals surface area contributed by atoms with E-state index in [0.29, 0.717) is 6.54 Å². The van der Waals surface area contributed by atoms with Gasteiger partial charge in [-0.15, -0.1) is 0 Å². The van der Waals surface area contributed by atoms with Crippen LogP contribution in [0.3, 0.4) is 0 Å². The Morgan fingerprint density at radius 3 is 2.67 bits per heavy atom. The van der Waals surface area contributed by atoms with Gasteiger partial charge in [0.25, 0.3) is 0 Å². The third-order valence-electron chi connectivity index (χ3n) is 5.11. The van der Waals surface area contributed by atoms with Crippen molar-refractivity contribution in [2.75, 3.05) is 39.5 Å². The number of benzene rings is 1. The molecule has 0 radical (unpaired) electrons. The quantitative estimate of drug-likeness (QED) is 0.904. The van der Waals surface area contributed by atoms with Crippen LogP contribution in [0.4, 0.5) is 0 Å². The van der Waals surface area contributed by atoms with Crippen LogP contribution >= 0.6 is 0 Å². The first-order chi connectivity index (χ1) is 10.2. The number of rotatable bonds is 2. The maximum atomic E-state index is 6.30. The molecule has 2 N–H and O–H groups in total. The monoisotopic (exact) mass is 290 g/mol. The van der Waals surface area contributed by atoms with E-state index in [1.54, 1.807) is 0 Å². The van der Waals surface area contributed by atoms with Gasteiger partial charge in [0.2, 0.25) is 0 Å². The van der Waals surface area contributed by atoms with Gasteiger partial charge in [-0.3, -0.25) is 4.90 Å². The zero-order valence-electron chi connectivity index (χ0n) is 13.2. The van der Waals surface area contributed by atoms with Gasteiger partial charge < -0.3 is 15.2 Å². The van der Waals surface area contributed by atoms with Crippen LogP contribution in [0.5, 0.6) is 5.75 Å². The summed E-state index contributed by atoms with van der Waals surface area (Å²) in [6, 6.07) is 4.43. The highest BCUT2D eigenvalue weighted by Crippen LogP contribution is 2.43. The minimum atomic E-state index is -0.103. The predicted octanol–water partition coefficient (Wildman–Crippen LogP) is 1.96. The lowest BCUT2D eigenvalue weighted by atomic mass is 9.82. The molecule has 1 atom stereocenters. The number of aryl methyl sites for hydroxylation is 1. The molecule has 0 aliphatic carbocycles. The topological polar surface area (TPSA) is 47.7 Å². The van der Waals surface area contributed by atoms with E-state index < -0.39 is 0 Å². The molecule has 2 aliphatic rings. The number of ether oxygens (including phenoxy) is 2. The van der Waals surface area contributed by atoms with Crippen molar-refractivity contribution in [3.05, 3.63) is 28.8 Å². The van der Waals surface area contributed by atoms with E-state index in [1.165, 1.54) is 16.7 Å². The van der Waals surface area contributed by atoms with Crippen LogP contribution in [0.2, 0.25) is 0 Å². The molecule has 0 bridgehead atoms. The van der Waals surface area contributed by atoms with Gasteiger partial charge in [0.05, 0.1) is 25.4 Å². The fourth-order valence-corrected chi connectivity index (χ4v) is 3.68. The number of hydrogen-bond donors (Lipinski definition) is 1. The maximum Gasteiger partial charge on any atom is 0.127 e. The molecule has 21 heavy (non-hydrogen) atoms. The van der Waals surface area contributed by atoms with Crippen molar-refractivity contribution in [3.63, 3.8) is 0 Å². The average molecular weight is 290 g/mol. The minimum absolute atomic E-state index is 0.103. The molecular formula is C17H26N2O2. The lowest BCUT2D eigenvalue weighted by Crippen LogP contribution is -2.55. The summed E-state index contributed by atoms with van der Waals surface area (Å²) in [7, 11) is 0. The summed E-state index contributed by atoms with van der Waals surface area (Å²) in [5.41, 5.74) is 10.0. The van der Waals surface area contributed by atoms with Crippen molar-refractivity contribution in [2.24, 2.45) is 5.73 Å². The molecule has 2 aliphatic heterocycles. The fraction of sp³-hybridized carbons (Fsp3) is 0.647. The van der Waals surface area contributed by atoms with Gasteiger partial charge in [-0.25, -0.2) is 0 Å². The summed E-state index contributed by atoms with van der Waals surface area (Å²) in [5.74, 6) is 1.06. The maximum absolute atomic E-state index is 6.30. The van der Waals surface area contributed by atoms with E-state index in [1.807, 2.05) is 0 Å². The Kier molecular flexibility index (Phi) is 4.20. The van der Waals surface area contributed by atoms with Crippen molar-refractivity contribution < 1.29 is 9.47 Å². The molecule has 0 spiro atoms. The van der Waals surface area contributed by atoms with Gasteiger partial charge in [-0.05, 0) is 37.8 Å². The van der Waals surface area contributed by atoms with E-state index in [2.05, 4.69) is 30.9 Å². The van der Waals surface area contributed by atoms with Gasteiger partial charge in [0.15, 0.2) is 0 Å². The summed E-state index contributed by atoms with van der Waals surface area (Å²) >= 11 is 0. The molecule has 1 aromatic rings. The van der Waals surface area contributed by atoms with Crippen molar-refractivity contribution in [3.8, 4) is 5.75 Å². The summed E-state index contributed by atoms with van der Waals surface area (Å²) in [6.07, 6.45) is 2.10. The molecule has 4 nitrogen and oxygen atoms in total. The fourth-order valence-electron chi connectivity index (χ4n) is 3.68. The Hall–Kier alpha value is -1.10. The van der Waals surface area contributed by atoms with Crippen molar-refractivity contribution in [1.82, 2.24) is 4.90 Å². The van der Waals surface area contributed by atoms with Crippen molar-refractivity contribution in [2.45, 2.75) is 32.2 Å². The molecule has 116 valence electrons. The van der Waals surface area contributed by atoms with Crippen LogP contribution in [0.15, 0.2) is 12.1 Å². The third kappa shape index (κ3) is 2.45. The molecule has 1 fully saturated rings. The Morgan fingerprint density at radius 2 is 1.95 bits per heavy atom. The minimum Gasteiger partial charge on any atom is -0.493 e. The van der Waals surface area contributed by atoms with Crippen LogP contribution in [-0.4, -0.2) is 44.4 Å². The standard InChI is InChI=1S/C17H26N2O2/c1-13-4-5-15-16(14(13)2)21-9-3-6-17(15,12-18)19-7-10-20-11-8-19/h4-5H,3,6-12,18H2,1-2H3. The second-order valence-electron chi connectivity index (χ2n) is 6.17. The van der Waals surface area contributed by atoms with E-state index in [9.17, 15) is 0 Å². The molecule has 0 aromatic heterocycles. The summed E-state index contributed by atoms with van der Waals surface area (Å²) < 4.78 is 11.6. The number of nitrogens with two attached hydrogens (primary N) is 1. The molecule has 0 saturated carbocycles. The predicted molar refractivity (Wildman–Crippen MR) is 83.8 cm³/mol. The Bertz CT molecular complexity index is 512. The van der Waals surface area contributed by atoms with Crippen LogP contribution in [0.1, 0.15) is 29.5 Å². The van der Waals surface area contributed by atoms with E-state index >= 15 is 0 Å². The van der Waals surface area contributed by atoms with Crippen LogP contribution in [0, 0.1) is 13.8 Å². The van der Waals surface area contributed by atoms with Gasteiger partial charge in [0.1, 0.15) is 5.75 Å². The molecular weight excluding hydrogens is 264 g/mol. The second kappa shape index (κ2) is 5.95. The van der Waals surface area contributed by atoms with Crippen LogP contribution in [0.25, 0.3) is 0 Å². The molecule has 0 amide bonds. The summed E-state index contributed by atoms with van der Waals surface area (Å²) in [6.45, 7) is 9.19. The van der Waals surface area contributed by atoms with Gasteiger partial charge in [0, 0.05) is 25.2 Å².